The second-order valence-corrected chi connectivity index (χ2v) is 9.19. The third-order valence-corrected chi connectivity index (χ3v) is 7.43. The largest absolute Gasteiger partial charge is 0.367 e. The number of nitrogens with zero attached hydrogens (tertiary/aromatic N) is 2. The standard InChI is InChI=1S/C17H25FN2O3S/c18-17(4-3-5-17)15(22)20-11-16(12-20)8-13(10-24-16)23-9-14(21)19-6-1-2-7-19/h13H,1-12H2/t13-/m0/s1. The molecule has 0 aromatic carbocycles. The molecule has 134 valence electrons. The Balaban J connectivity index is 1.21. The molecule has 1 aliphatic carbocycles. The highest BCUT2D eigenvalue weighted by Gasteiger charge is 2.56. The number of hydrogen-bond donors (Lipinski definition) is 0. The molecular weight excluding hydrogens is 331 g/mol. The van der Waals surface area contributed by atoms with Crippen LogP contribution in [0.5, 0.6) is 0 Å². The molecule has 24 heavy (non-hydrogen) atoms. The number of rotatable bonds is 4. The summed E-state index contributed by atoms with van der Waals surface area (Å²) < 4.78 is 20.1. The zero-order chi connectivity index (χ0) is 16.8. The van der Waals surface area contributed by atoms with Gasteiger partial charge in [-0.3, -0.25) is 9.59 Å². The molecule has 3 heterocycles. The number of ether oxygens (including phenoxy) is 1. The van der Waals surface area contributed by atoms with Gasteiger partial charge in [0, 0.05) is 31.9 Å². The monoisotopic (exact) mass is 356 g/mol. The summed E-state index contributed by atoms with van der Waals surface area (Å²) in [7, 11) is 0. The Morgan fingerprint density at radius 2 is 1.83 bits per heavy atom. The molecule has 1 saturated carbocycles. The van der Waals surface area contributed by atoms with Crippen LogP contribution in [0.2, 0.25) is 0 Å². The summed E-state index contributed by atoms with van der Waals surface area (Å²) in [6.45, 7) is 3.13. The van der Waals surface area contributed by atoms with Crippen molar-refractivity contribution in [2.75, 3.05) is 38.5 Å². The zero-order valence-electron chi connectivity index (χ0n) is 14.0. The normalized spacial score (nSPS) is 30.3. The van der Waals surface area contributed by atoms with Gasteiger partial charge in [-0.1, -0.05) is 0 Å². The summed E-state index contributed by atoms with van der Waals surface area (Å²) in [6, 6.07) is 0. The van der Waals surface area contributed by atoms with E-state index in [2.05, 4.69) is 0 Å². The van der Waals surface area contributed by atoms with Crippen molar-refractivity contribution in [1.29, 1.82) is 0 Å². The molecular formula is C17H25FN2O3S. The number of carbonyl (C=O) groups excluding carboxylic acids is 2. The van der Waals surface area contributed by atoms with Gasteiger partial charge in [0.25, 0.3) is 5.91 Å². The predicted octanol–water partition coefficient (Wildman–Crippen LogP) is 1.60. The van der Waals surface area contributed by atoms with E-state index in [4.69, 9.17) is 4.74 Å². The average Bonchev–Trinajstić information content (AvgIpc) is 3.17. The van der Waals surface area contributed by atoms with Crippen LogP contribution in [0.1, 0.15) is 38.5 Å². The molecule has 7 heteroatoms. The molecule has 4 rings (SSSR count). The van der Waals surface area contributed by atoms with E-state index in [-0.39, 0.29) is 29.3 Å². The minimum Gasteiger partial charge on any atom is -0.367 e. The van der Waals surface area contributed by atoms with Gasteiger partial charge in [0.05, 0.1) is 10.9 Å². The fourth-order valence-electron chi connectivity index (χ4n) is 4.15. The lowest BCUT2D eigenvalue weighted by molar-refractivity contribution is -0.155. The van der Waals surface area contributed by atoms with Gasteiger partial charge in [-0.2, -0.15) is 0 Å². The van der Waals surface area contributed by atoms with Crippen molar-refractivity contribution in [3.63, 3.8) is 0 Å². The summed E-state index contributed by atoms with van der Waals surface area (Å²) in [4.78, 5) is 27.8. The van der Waals surface area contributed by atoms with E-state index in [1.807, 2.05) is 16.7 Å². The number of thioether (sulfide) groups is 1. The highest BCUT2D eigenvalue weighted by molar-refractivity contribution is 8.01. The van der Waals surface area contributed by atoms with Crippen LogP contribution in [0.4, 0.5) is 4.39 Å². The molecule has 1 spiro atoms. The fourth-order valence-corrected chi connectivity index (χ4v) is 5.71. The van der Waals surface area contributed by atoms with Crippen LogP contribution in [0, 0.1) is 0 Å². The minimum absolute atomic E-state index is 0.0249. The summed E-state index contributed by atoms with van der Waals surface area (Å²) in [5.41, 5.74) is -1.58. The first-order valence-corrected chi connectivity index (χ1v) is 10.00. The van der Waals surface area contributed by atoms with E-state index in [1.165, 1.54) is 0 Å². The lowest BCUT2D eigenvalue weighted by atomic mass is 9.79. The Kier molecular flexibility index (Phi) is 4.27. The Hall–Kier alpha value is -0.820. The minimum atomic E-state index is -1.58. The van der Waals surface area contributed by atoms with Crippen molar-refractivity contribution < 1.29 is 18.7 Å². The molecule has 0 aromatic heterocycles. The Morgan fingerprint density at radius 1 is 1.12 bits per heavy atom. The SMILES string of the molecule is O=C(CO[C@@H]1CSC2(C1)CN(C(=O)C1(F)CCC1)C2)N1CCCC1. The van der Waals surface area contributed by atoms with Crippen molar-refractivity contribution in [2.24, 2.45) is 0 Å². The number of hydrogen-bond acceptors (Lipinski definition) is 4. The molecule has 2 amide bonds. The molecule has 0 N–H and O–H groups in total. The first-order valence-electron chi connectivity index (χ1n) is 9.01. The highest BCUT2D eigenvalue weighted by Crippen LogP contribution is 2.48. The van der Waals surface area contributed by atoms with Gasteiger partial charge in [0.1, 0.15) is 6.61 Å². The summed E-state index contributed by atoms with van der Waals surface area (Å²) in [6.07, 6.45) is 4.69. The topological polar surface area (TPSA) is 49.9 Å². The number of carbonyl (C=O) groups is 2. The molecule has 4 aliphatic rings. The smallest absolute Gasteiger partial charge is 0.260 e. The average molecular weight is 356 g/mol. The van der Waals surface area contributed by atoms with Crippen LogP contribution in [0.25, 0.3) is 0 Å². The van der Waals surface area contributed by atoms with Crippen LogP contribution in [0.3, 0.4) is 0 Å². The highest BCUT2D eigenvalue weighted by atomic mass is 32.2. The first kappa shape index (κ1) is 16.6. The Morgan fingerprint density at radius 3 is 2.46 bits per heavy atom. The van der Waals surface area contributed by atoms with E-state index >= 15 is 0 Å². The Bertz CT molecular complexity index is 528. The molecule has 3 aliphatic heterocycles. The zero-order valence-corrected chi connectivity index (χ0v) is 14.8. The van der Waals surface area contributed by atoms with E-state index in [9.17, 15) is 14.0 Å². The lowest BCUT2D eigenvalue weighted by Gasteiger charge is -2.50. The fraction of sp³-hybridized carbons (Fsp3) is 0.882. The van der Waals surface area contributed by atoms with Gasteiger partial charge in [0.15, 0.2) is 5.67 Å². The molecule has 4 fully saturated rings. The lowest BCUT2D eigenvalue weighted by Crippen LogP contribution is -2.65. The van der Waals surface area contributed by atoms with Crippen molar-refractivity contribution in [3.8, 4) is 0 Å². The van der Waals surface area contributed by atoms with E-state index in [0.717, 1.165) is 44.5 Å². The second kappa shape index (κ2) is 6.16. The third kappa shape index (κ3) is 2.94. The van der Waals surface area contributed by atoms with Crippen molar-refractivity contribution in [3.05, 3.63) is 0 Å². The summed E-state index contributed by atoms with van der Waals surface area (Å²) in [5.74, 6) is 0.637. The van der Waals surface area contributed by atoms with Gasteiger partial charge in [-0.15, -0.1) is 11.8 Å². The number of halogens is 1. The maximum absolute atomic E-state index is 14.2. The van der Waals surface area contributed by atoms with Gasteiger partial charge < -0.3 is 14.5 Å². The van der Waals surface area contributed by atoms with Gasteiger partial charge in [-0.25, -0.2) is 4.39 Å². The van der Waals surface area contributed by atoms with Gasteiger partial charge >= 0.3 is 0 Å². The second-order valence-electron chi connectivity index (χ2n) is 7.70. The molecule has 0 aromatic rings. The van der Waals surface area contributed by atoms with Gasteiger partial charge in [-0.05, 0) is 38.5 Å². The summed E-state index contributed by atoms with van der Waals surface area (Å²) >= 11 is 1.81. The Labute approximate surface area is 146 Å². The van der Waals surface area contributed by atoms with Crippen molar-refractivity contribution >= 4 is 23.6 Å². The predicted molar refractivity (Wildman–Crippen MR) is 89.6 cm³/mol. The number of likely N-dealkylation sites (tertiary alicyclic amines) is 2. The van der Waals surface area contributed by atoms with Crippen LogP contribution in [-0.2, 0) is 14.3 Å². The van der Waals surface area contributed by atoms with Crippen LogP contribution >= 0.6 is 11.8 Å². The maximum atomic E-state index is 14.2. The maximum Gasteiger partial charge on any atom is 0.260 e. The quantitative estimate of drug-likeness (QED) is 0.768. The summed E-state index contributed by atoms with van der Waals surface area (Å²) in [5, 5.41) is 0. The van der Waals surface area contributed by atoms with E-state index in [1.54, 1.807) is 4.90 Å². The van der Waals surface area contributed by atoms with Crippen LogP contribution in [0.15, 0.2) is 0 Å². The molecule has 1 atom stereocenters. The molecule has 3 saturated heterocycles. The molecule has 0 bridgehead atoms. The molecule has 0 unspecified atom stereocenters. The first-order chi connectivity index (χ1) is 11.5. The van der Waals surface area contributed by atoms with Crippen LogP contribution in [-0.4, -0.2) is 76.7 Å². The van der Waals surface area contributed by atoms with Crippen LogP contribution < -0.4 is 0 Å². The number of alkyl halides is 1. The number of amides is 2. The van der Waals surface area contributed by atoms with E-state index in [0.29, 0.717) is 25.9 Å². The third-order valence-electron chi connectivity index (χ3n) is 5.85. The van der Waals surface area contributed by atoms with Gasteiger partial charge in [0.2, 0.25) is 5.91 Å². The molecule has 5 nitrogen and oxygen atoms in total. The van der Waals surface area contributed by atoms with E-state index < -0.39 is 5.67 Å². The molecule has 0 radical (unpaired) electrons. The van der Waals surface area contributed by atoms with Crippen molar-refractivity contribution in [2.45, 2.75) is 55.0 Å². The van der Waals surface area contributed by atoms with Crippen molar-refractivity contribution in [1.82, 2.24) is 9.80 Å².